The second-order valence-corrected chi connectivity index (χ2v) is 4.58. The fourth-order valence-corrected chi connectivity index (χ4v) is 1.56. The molecule has 0 N–H and O–H groups in total. The normalized spacial score (nSPS) is 21.9. The van der Waals surface area contributed by atoms with Gasteiger partial charge in [0, 0.05) is 11.6 Å². The SMILES string of the molecule is CC1(C)COC1COc1cnccc1C#N. The highest BCUT2D eigenvalue weighted by Crippen LogP contribution is 2.34. The monoisotopic (exact) mass is 218 g/mol. The van der Waals surface area contributed by atoms with Gasteiger partial charge >= 0.3 is 0 Å². The number of pyridine rings is 1. The van der Waals surface area contributed by atoms with E-state index < -0.39 is 0 Å². The van der Waals surface area contributed by atoms with E-state index in [1.807, 2.05) is 0 Å². The van der Waals surface area contributed by atoms with Crippen molar-refractivity contribution in [3.63, 3.8) is 0 Å². The Balaban J connectivity index is 1.98. The smallest absolute Gasteiger partial charge is 0.155 e. The third-order valence-corrected chi connectivity index (χ3v) is 2.82. The van der Waals surface area contributed by atoms with Crippen LogP contribution in [0.25, 0.3) is 0 Å². The van der Waals surface area contributed by atoms with Crippen molar-refractivity contribution < 1.29 is 9.47 Å². The molecular formula is C12H14N2O2. The Morgan fingerprint density at radius 2 is 2.50 bits per heavy atom. The molecular weight excluding hydrogens is 204 g/mol. The number of ether oxygens (including phenoxy) is 2. The van der Waals surface area contributed by atoms with E-state index in [4.69, 9.17) is 14.7 Å². The molecule has 0 aromatic carbocycles. The zero-order valence-electron chi connectivity index (χ0n) is 9.43. The molecule has 1 fully saturated rings. The maximum absolute atomic E-state index is 8.87. The quantitative estimate of drug-likeness (QED) is 0.775. The van der Waals surface area contributed by atoms with E-state index in [1.165, 1.54) is 0 Å². The van der Waals surface area contributed by atoms with Gasteiger partial charge in [0.05, 0.1) is 24.5 Å². The van der Waals surface area contributed by atoms with Gasteiger partial charge in [-0.1, -0.05) is 13.8 Å². The third kappa shape index (κ3) is 2.00. The number of hydrogen-bond acceptors (Lipinski definition) is 4. The summed E-state index contributed by atoms with van der Waals surface area (Å²) in [5.74, 6) is 0.524. The number of nitrogens with zero attached hydrogens (tertiary/aromatic N) is 2. The maximum atomic E-state index is 8.87. The average Bonchev–Trinajstić information content (AvgIpc) is 2.28. The molecule has 0 radical (unpaired) electrons. The van der Waals surface area contributed by atoms with Crippen LogP contribution in [0, 0.1) is 16.7 Å². The predicted octanol–water partition coefficient (Wildman–Crippen LogP) is 1.76. The molecule has 0 saturated carbocycles. The summed E-state index contributed by atoms with van der Waals surface area (Å²) in [4.78, 5) is 3.93. The predicted molar refractivity (Wildman–Crippen MR) is 58.0 cm³/mol. The standard InChI is InChI=1S/C12H14N2O2/c1-12(2)8-16-11(12)7-15-10-6-14-4-3-9(10)5-13/h3-4,6,11H,7-8H2,1-2H3. The van der Waals surface area contributed by atoms with Gasteiger partial charge in [-0.3, -0.25) is 4.98 Å². The van der Waals surface area contributed by atoms with Crippen LogP contribution in [0.2, 0.25) is 0 Å². The molecule has 1 atom stereocenters. The number of aromatic nitrogens is 1. The van der Waals surface area contributed by atoms with Crippen molar-refractivity contribution in [2.45, 2.75) is 20.0 Å². The number of rotatable bonds is 3. The zero-order chi connectivity index (χ0) is 11.6. The summed E-state index contributed by atoms with van der Waals surface area (Å²) in [6, 6.07) is 3.71. The minimum absolute atomic E-state index is 0.0965. The Morgan fingerprint density at radius 1 is 1.69 bits per heavy atom. The summed E-state index contributed by atoms with van der Waals surface area (Å²) in [6.45, 7) is 5.50. The average molecular weight is 218 g/mol. The molecule has 16 heavy (non-hydrogen) atoms. The Kier molecular flexibility index (Phi) is 2.80. The first-order valence-electron chi connectivity index (χ1n) is 5.22. The Morgan fingerprint density at radius 3 is 3.06 bits per heavy atom. The summed E-state index contributed by atoms with van der Waals surface area (Å²) >= 11 is 0. The molecule has 84 valence electrons. The van der Waals surface area contributed by atoms with Gasteiger partial charge in [0.15, 0.2) is 5.75 Å². The van der Waals surface area contributed by atoms with Gasteiger partial charge in [-0.25, -0.2) is 0 Å². The Bertz CT molecular complexity index is 423. The lowest BCUT2D eigenvalue weighted by Gasteiger charge is -2.43. The highest BCUT2D eigenvalue weighted by Gasteiger charge is 2.40. The topological polar surface area (TPSA) is 55.1 Å². The lowest BCUT2D eigenvalue weighted by molar-refractivity contribution is -0.180. The maximum Gasteiger partial charge on any atom is 0.155 e. The highest BCUT2D eigenvalue weighted by molar-refractivity contribution is 5.40. The van der Waals surface area contributed by atoms with E-state index in [9.17, 15) is 0 Å². The lowest BCUT2D eigenvalue weighted by atomic mass is 9.83. The molecule has 1 aliphatic heterocycles. The van der Waals surface area contributed by atoms with E-state index >= 15 is 0 Å². The molecule has 0 bridgehead atoms. The molecule has 0 aliphatic carbocycles. The van der Waals surface area contributed by atoms with E-state index in [1.54, 1.807) is 18.5 Å². The van der Waals surface area contributed by atoms with Gasteiger partial charge < -0.3 is 9.47 Å². The third-order valence-electron chi connectivity index (χ3n) is 2.82. The van der Waals surface area contributed by atoms with Crippen LogP contribution < -0.4 is 4.74 Å². The van der Waals surface area contributed by atoms with Crippen LogP contribution in [0.1, 0.15) is 19.4 Å². The fraction of sp³-hybridized carbons (Fsp3) is 0.500. The summed E-state index contributed by atoms with van der Waals surface area (Å²) in [7, 11) is 0. The van der Waals surface area contributed by atoms with Crippen LogP contribution in [0.5, 0.6) is 5.75 Å². The molecule has 2 rings (SSSR count). The fourth-order valence-electron chi connectivity index (χ4n) is 1.56. The van der Waals surface area contributed by atoms with Crippen LogP contribution in [0.3, 0.4) is 0 Å². The van der Waals surface area contributed by atoms with Crippen molar-refractivity contribution in [1.29, 1.82) is 5.26 Å². The highest BCUT2D eigenvalue weighted by atomic mass is 16.6. The van der Waals surface area contributed by atoms with Crippen LogP contribution in [0.15, 0.2) is 18.5 Å². The van der Waals surface area contributed by atoms with Crippen molar-refractivity contribution in [3.05, 3.63) is 24.0 Å². The molecule has 1 aromatic heterocycles. The minimum atomic E-state index is 0.0965. The first-order chi connectivity index (χ1) is 7.63. The van der Waals surface area contributed by atoms with Crippen molar-refractivity contribution in [2.24, 2.45) is 5.41 Å². The summed E-state index contributed by atoms with van der Waals surface area (Å²) in [6.07, 6.45) is 3.23. The first-order valence-corrected chi connectivity index (χ1v) is 5.22. The molecule has 1 unspecified atom stereocenters. The molecule has 1 aromatic rings. The van der Waals surface area contributed by atoms with Crippen LogP contribution in [-0.4, -0.2) is 24.3 Å². The van der Waals surface area contributed by atoms with Gasteiger partial charge in [0.1, 0.15) is 12.7 Å². The minimum Gasteiger partial charge on any atom is -0.488 e. The second kappa shape index (κ2) is 4.11. The summed E-state index contributed by atoms with van der Waals surface area (Å²) in [5, 5.41) is 8.87. The molecule has 4 heteroatoms. The molecule has 4 nitrogen and oxygen atoms in total. The van der Waals surface area contributed by atoms with Crippen LogP contribution in [0.4, 0.5) is 0 Å². The van der Waals surface area contributed by atoms with Gasteiger partial charge in [-0.15, -0.1) is 0 Å². The van der Waals surface area contributed by atoms with Gasteiger partial charge in [0.2, 0.25) is 0 Å². The zero-order valence-corrected chi connectivity index (χ0v) is 9.43. The van der Waals surface area contributed by atoms with E-state index in [0.29, 0.717) is 17.9 Å². The Labute approximate surface area is 94.8 Å². The number of nitriles is 1. The first kappa shape index (κ1) is 10.9. The van der Waals surface area contributed by atoms with Gasteiger partial charge in [0.25, 0.3) is 0 Å². The van der Waals surface area contributed by atoms with Crippen molar-refractivity contribution in [3.8, 4) is 11.8 Å². The van der Waals surface area contributed by atoms with Crippen molar-refractivity contribution >= 4 is 0 Å². The number of hydrogen-bond donors (Lipinski definition) is 0. The van der Waals surface area contributed by atoms with E-state index in [2.05, 4.69) is 24.9 Å². The summed E-state index contributed by atoms with van der Waals surface area (Å²) < 4.78 is 11.0. The lowest BCUT2D eigenvalue weighted by Crippen LogP contribution is -2.50. The molecule has 0 spiro atoms. The summed E-state index contributed by atoms with van der Waals surface area (Å²) in [5.41, 5.74) is 0.668. The van der Waals surface area contributed by atoms with Gasteiger partial charge in [-0.2, -0.15) is 5.26 Å². The van der Waals surface area contributed by atoms with Crippen LogP contribution in [-0.2, 0) is 4.74 Å². The Hall–Kier alpha value is -1.60. The second-order valence-electron chi connectivity index (χ2n) is 4.58. The van der Waals surface area contributed by atoms with Crippen molar-refractivity contribution in [2.75, 3.05) is 13.2 Å². The largest absolute Gasteiger partial charge is 0.488 e. The molecule has 1 saturated heterocycles. The van der Waals surface area contributed by atoms with Gasteiger partial charge in [-0.05, 0) is 6.07 Å². The molecule has 0 amide bonds. The van der Waals surface area contributed by atoms with E-state index in [0.717, 1.165) is 6.61 Å². The molecule has 1 aliphatic rings. The molecule has 2 heterocycles. The van der Waals surface area contributed by atoms with Crippen molar-refractivity contribution in [1.82, 2.24) is 4.98 Å². The van der Waals surface area contributed by atoms with E-state index in [-0.39, 0.29) is 11.5 Å². The van der Waals surface area contributed by atoms with Crippen LogP contribution >= 0.6 is 0 Å².